The van der Waals surface area contributed by atoms with Crippen LogP contribution >= 0.6 is 23.2 Å². The van der Waals surface area contributed by atoms with Crippen LogP contribution in [0, 0.1) is 5.82 Å². The summed E-state index contributed by atoms with van der Waals surface area (Å²) in [5.74, 6) is -0.477. The second kappa shape index (κ2) is 10.7. The summed E-state index contributed by atoms with van der Waals surface area (Å²) in [6.07, 6.45) is 0. The fourth-order valence-electron chi connectivity index (χ4n) is 3.62. The van der Waals surface area contributed by atoms with Crippen LogP contribution < -0.4 is 14.4 Å². The van der Waals surface area contributed by atoms with Gasteiger partial charge in [0.15, 0.2) is 6.61 Å². The van der Waals surface area contributed by atoms with E-state index in [1.807, 2.05) is 24.3 Å². The maximum atomic E-state index is 13.0. The van der Waals surface area contributed by atoms with E-state index in [2.05, 4.69) is 9.62 Å². The van der Waals surface area contributed by atoms with Gasteiger partial charge in [-0.05, 0) is 60.7 Å². The highest BCUT2D eigenvalue weighted by molar-refractivity contribution is 7.92. The van der Waals surface area contributed by atoms with Crippen LogP contribution in [0.2, 0.25) is 10.0 Å². The molecule has 11 heteroatoms. The van der Waals surface area contributed by atoms with E-state index < -0.39 is 15.8 Å². The summed E-state index contributed by atoms with van der Waals surface area (Å²) in [5, 5.41) is 0.710. The SMILES string of the molecule is O=C(COc1ccc(S(=O)(=O)Nc2ccc(F)cc2)cc1Cl)N1CCN(c2cccc(Cl)c2)CC1. The van der Waals surface area contributed by atoms with E-state index in [0.717, 1.165) is 17.8 Å². The van der Waals surface area contributed by atoms with E-state index >= 15 is 0 Å². The minimum absolute atomic E-state index is 0.0468. The van der Waals surface area contributed by atoms with Crippen molar-refractivity contribution in [2.45, 2.75) is 4.90 Å². The van der Waals surface area contributed by atoms with Crippen LogP contribution in [0.3, 0.4) is 0 Å². The van der Waals surface area contributed by atoms with Crippen molar-refractivity contribution < 1.29 is 22.3 Å². The first-order valence-electron chi connectivity index (χ1n) is 10.7. The third-order valence-electron chi connectivity index (χ3n) is 5.47. The van der Waals surface area contributed by atoms with Crippen molar-refractivity contribution in [1.82, 2.24) is 4.90 Å². The smallest absolute Gasteiger partial charge is 0.261 e. The molecule has 0 aromatic heterocycles. The van der Waals surface area contributed by atoms with Gasteiger partial charge in [-0.1, -0.05) is 29.3 Å². The molecule has 1 aliphatic heterocycles. The lowest BCUT2D eigenvalue weighted by Gasteiger charge is -2.36. The Morgan fingerprint density at radius 1 is 0.971 bits per heavy atom. The highest BCUT2D eigenvalue weighted by Crippen LogP contribution is 2.28. The van der Waals surface area contributed by atoms with Crippen molar-refractivity contribution in [3.05, 3.63) is 82.6 Å². The van der Waals surface area contributed by atoms with Crippen molar-refractivity contribution >= 4 is 50.5 Å². The Bertz CT molecular complexity index is 1310. The lowest BCUT2D eigenvalue weighted by Crippen LogP contribution is -2.50. The van der Waals surface area contributed by atoms with E-state index in [-0.39, 0.29) is 33.9 Å². The molecule has 3 aromatic carbocycles. The maximum absolute atomic E-state index is 13.0. The van der Waals surface area contributed by atoms with Crippen molar-refractivity contribution in [3.8, 4) is 5.75 Å². The molecule has 7 nitrogen and oxygen atoms in total. The average Bonchev–Trinajstić information content (AvgIpc) is 2.84. The molecule has 3 aromatic rings. The highest BCUT2D eigenvalue weighted by atomic mass is 35.5. The molecule has 0 saturated carbocycles. The van der Waals surface area contributed by atoms with Gasteiger partial charge in [0.2, 0.25) is 0 Å². The standard InChI is InChI=1S/C24H22Cl2FN3O4S/c25-17-2-1-3-20(14-17)29-10-12-30(13-11-29)24(31)16-34-23-9-8-21(15-22(23)26)35(32,33)28-19-6-4-18(27)5-7-19/h1-9,14-15,28H,10-13,16H2. The third-order valence-corrected chi connectivity index (χ3v) is 7.38. The van der Waals surface area contributed by atoms with Crippen LogP contribution in [0.15, 0.2) is 71.6 Å². The molecule has 0 atom stereocenters. The predicted molar refractivity (Wildman–Crippen MR) is 134 cm³/mol. The van der Waals surface area contributed by atoms with Gasteiger partial charge in [0.25, 0.3) is 15.9 Å². The van der Waals surface area contributed by atoms with Crippen LogP contribution in [0.25, 0.3) is 0 Å². The average molecular weight is 538 g/mol. The number of anilines is 2. The Morgan fingerprint density at radius 2 is 1.69 bits per heavy atom. The molecule has 1 N–H and O–H groups in total. The molecule has 0 bridgehead atoms. The molecule has 184 valence electrons. The Kier molecular flexibility index (Phi) is 7.69. The van der Waals surface area contributed by atoms with Crippen molar-refractivity contribution in [2.75, 3.05) is 42.4 Å². The summed E-state index contributed by atoms with van der Waals surface area (Å²) in [4.78, 5) is 16.4. The van der Waals surface area contributed by atoms with Gasteiger partial charge in [0.05, 0.1) is 9.92 Å². The van der Waals surface area contributed by atoms with Crippen LogP contribution in [-0.4, -0.2) is 52.0 Å². The second-order valence-corrected chi connectivity index (χ2v) is 10.4. The maximum Gasteiger partial charge on any atom is 0.261 e. The van der Waals surface area contributed by atoms with Gasteiger partial charge < -0.3 is 14.5 Å². The Balaban J connectivity index is 1.32. The largest absolute Gasteiger partial charge is 0.482 e. The van der Waals surface area contributed by atoms with Gasteiger partial charge in [-0.15, -0.1) is 0 Å². The number of piperazine rings is 1. The van der Waals surface area contributed by atoms with Gasteiger partial charge in [-0.25, -0.2) is 12.8 Å². The zero-order valence-electron chi connectivity index (χ0n) is 18.5. The minimum atomic E-state index is -3.95. The molecule has 1 aliphatic rings. The first kappa shape index (κ1) is 25.1. The normalized spacial score (nSPS) is 14.0. The molecule has 4 rings (SSSR count). The van der Waals surface area contributed by atoms with E-state index in [4.69, 9.17) is 27.9 Å². The number of sulfonamides is 1. The fourth-order valence-corrected chi connectivity index (χ4v) is 5.18. The van der Waals surface area contributed by atoms with Crippen molar-refractivity contribution in [1.29, 1.82) is 0 Å². The summed E-state index contributed by atoms with van der Waals surface area (Å²) in [6, 6.07) is 16.4. The number of benzene rings is 3. The Hall–Kier alpha value is -3.01. The lowest BCUT2D eigenvalue weighted by atomic mass is 10.2. The number of hydrogen-bond donors (Lipinski definition) is 1. The number of nitrogens with zero attached hydrogens (tertiary/aromatic N) is 2. The molecular formula is C24H22Cl2FN3O4S. The van der Waals surface area contributed by atoms with Gasteiger partial charge in [-0.3, -0.25) is 9.52 Å². The van der Waals surface area contributed by atoms with E-state index in [1.54, 1.807) is 4.90 Å². The fraction of sp³-hybridized carbons (Fsp3) is 0.208. The molecular weight excluding hydrogens is 516 g/mol. The van der Waals surface area contributed by atoms with Gasteiger partial charge in [-0.2, -0.15) is 0 Å². The molecule has 0 unspecified atom stereocenters. The third kappa shape index (κ3) is 6.36. The number of nitrogens with one attached hydrogen (secondary N) is 1. The molecule has 1 saturated heterocycles. The molecule has 1 fully saturated rings. The zero-order chi connectivity index (χ0) is 25.0. The lowest BCUT2D eigenvalue weighted by molar-refractivity contribution is -0.133. The summed E-state index contributed by atoms with van der Waals surface area (Å²) in [5.41, 5.74) is 1.22. The van der Waals surface area contributed by atoms with Gasteiger partial charge >= 0.3 is 0 Å². The zero-order valence-corrected chi connectivity index (χ0v) is 20.8. The number of amides is 1. The molecule has 0 spiro atoms. The summed E-state index contributed by atoms with van der Waals surface area (Å²) < 4.78 is 46.2. The number of hydrogen-bond acceptors (Lipinski definition) is 5. The first-order chi connectivity index (χ1) is 16.7. The predicted octanol–water partition coefficient (Wildman–Crippen LogP) is 4.66. The number of carbonyl (C=O) groups excluding carboxylic acids is 1. The van der Waals surface area contributed by atoms with E-state index in [1.165, 1.54) is 30.3 Å². The quantitative estimate of drug-likeness (QED) is 0.474. The van der Waals surface area contributed by atoms with Gasteiger partial charge in [0, 0.05) is 42.6 Å². The van der Waals surface area contributed by atoms with E-state index in [9.17, 15) is 17.6 Å². The molecule has 1 heterocycles. The van der Waals surface area contributed by atoms with Crippen LogP contribution in [0.1, 0.15) is 0 Å². The number of rotatable bonds is 7. The summed E-state index contributed by atoms with van der Waals surface area (Å²) in [6.45, 7) is 2.18. The molecule has 1 amide bonds. The Morgan fingerprint density at radius 3 is 2.34 bits per heavy atom. The van der Waals surface area contributed by atoms with Crippen molar-refractivity contribution in [2.24, 2.45) is 0 Å². The molecule has 0 radical (unpaired) electrons. The number of ether oxygens (including phenoxy) is 1. The van der Waals surface area contributed by atoms with Crippen LogP contribution in [-0.2, 0) is 14.8 Å². The van der Waals surface area contributed by atoms with E-state index in [0.29, 0.717) is 31.2 Å². The number of halogens is 3. The van der Waals surface area contributed by atoms with Crippen molar-refractivity contribution in [3.63, 3.8) is 0 Å². The first-order valence-corrected chi connectivity index (χ1v) is 12.9. The summed E-state index contributed by atoms with van der Waals surface area (Å²) in [7, 11) is -3.95. The molecule has 35 heavy (non-hydrogen) atoms. The molecule has 0 aliphatic carbocycles. The highest BCUT2D eigenvalue weighted by Gasteiger charge is 2.22. The Labute approximate surface area is 213 Å². The second-order valence-electron chi connectivity index (χ2n) is 7.84. The van der Waals surface area contributed by atoms with Crippen LogP contribution in [0.5, 0.6) is 5.75 Å². The monoisotopic (exact) mass is 537 g/mol. The minimum Gasteiger partial charge on any atom is -0.482 e. The van der Waals surface area contributed by atoms with Crippen LogP contribution in [0.4, 0.5) is 15.8 Å². The summed E-state index contributed by atoms with van der Waals surface area (Å²) >= 11 is 12.3. The topological polar surface area (TPSA) is 78.9 Å². The number of carbonyl (C=O) groups is 1. The van der Waals surface area contributed by atoms with Gasteiger partial charge in [0.1, 0.15) is 11.6 Å².